The summed E-state index contributed by atoms with van der Waals surface area (Å²) in [7, 11) is 0. The zero-order valence-corrected chi connectivity index (χ0v) is 16.4. The molecule has 1 rings (SSSR count). The van der Waals surface area contributed by atoms with Crippen LogP contribution in [0.1, 0.15) is 79.0 Å². The quantitative estimate of drug-likeness (QED) is 0.677. The van der Waals surface area contributed by atoms with Crippen LogP contribution in [0.5, 0.6) is 0 Å². The zero-order valence-electron chi connectivity index (χ0n) is 16.4. The molecule has 0 aliphatic rings. The van der Waals surface area contributed by atoms with Crippen molar-refractivity contribution in [2.24, 2.45) is 16.2 Å². The van der Waals surface area contributed by atoms with E-state index in [1.54, 1.807) is 0 Å². The summed E-state index contributed by atoms with van der Waals surface area (Å²) >= 11 is 0. The molecule has 0 spiro atoms. The molecule has 1 aromatic rings. The van der Waals surface area contributed by atoms with Crippen molar-refractivity contribution in [2.45, 2.75) is 81.6 Å². The second-order valence-electron chi connectivity index (χ2n) is 10.5. The number of hydrogen-bond acceptors (Lipinski definition) is 1. The Hall–Kier alpha value is -0.980. The predicted molar refractivity (Wildman–Crippen MR) is 100 cm³/mol. The summed E-state index contributed by atoms with van der Waals surface area (Å²) < 4.78 is 0. The van der Waals surface area contributed by atoms with Crippen molar-refractivity contribution < 1.29 is 0 Å². The van der Waals surface area contributed by atoms with Gasteiger partial charge in [0.25, 0.3) is 0 Å². The van der Waals surface area contributed by atoms with E-state index < -0.39 is 0 Å². The van der Waals surface area contributed by atoms with E-state index >= 15 is 0 Å². The lowest BCUT2D eigenvalue weighted by atomic mass is 9.80. The van der Waals surface area contributed by atoms with Gasteiger partial charge in [-0.05, 0) is 52.2 Å². The van der Waals surface area contributed by atoms with E-state index in [0.717, 1.165) is 24.9 Å². The third kappa shape index (κ3) is 6.85. The summed E-state index contributed by atoms with van der Waals surface area (Å²) in [6.45, 7) is 20.6. The molecule has 0 amide bonds. The molecule has 0 heterocycles. The van der Waals surface area contributed by atoms with E-state index in [2.05, 4.69) is 74.4 Å². The lowest BCUT2D eigenvalue weighted by Gasteiger charge is -2.26. The van der Waals surface area contributed by atoms with Crippen molar-refractivity contribution >= 4 is 5.69 Å². The highest BCUT2D eigenvalue weighted by Crippen LogP contribution is 2.33. The molecule has 0 radical (unpaired) electrons. The maximum Gasteiger partial charge on any atom is 0.0379 e. The monoisotopic (exact) mass is 303 g/mol. The van der Waals surface area contributed by atoms with Crippen molar-refractivity contribution in [1.29, 1.82) is 0 Å². The van der Waals surface area contributed by atoms with Crippen LogP contribution < -0.4 is 5.73 Å². The molecule has 1 heteroatoms. The van der Waals surface area contributed by atoms with Gasteiger partial charge in [0.2, 0.25) is 0 Å². The maximum atomic E-state index is 6.53. The number of nitrogen functional groups attached to an aromatic ring is 1. The Bertz CT molecular complexity index is 467. The summed E-state index contributed by atoms with van der Waals surface area (Å²) in [5.74, 6) is 0. The van der Waals surface area contributed by atoms with Crippen molar-refractivity contribution in [2.75, 3.05) is 5.73 Å². The number of anilines is 1. The minimum Gasteiger partial charge on any atom is -0.398 e. The Morgan fingerprint density at radius 2 is 0.955 bits per heavy atom. The SMILES string of the molecule is CC(C)(C)Cc1cc(CC(C)(C)C)c(N)c(CC(C)(C)C)c1. The van der Waals surface area contributed by atoms with Gasteiger partial charge in [-0.15, -0.1) is 0 Å². The van der Waals surface area contributed by atoms with Gasteiger partial charge in [-0.25, -0.2) is 0 Å². The Labute approximate surface area is 138 Å². The molecule has 0 atom stereocenters. The molecule has 0 saturated heterocycles. The van der Waals surface area contributed by atoms with Gasteiger partial charge in [0.15, 0.2) is 0 Å². The Balaban J connectivity index is 3.30. The maximum absolute atomic E-state index is 6.53. The Kier molecular flexibility index (Phi) is 5.42. The Morgan fingerprint density at radius 1 is 0.636 bits per heavy atom. The molecular formula is C21H37N. The van der Waals surface area contributed by atoms with Crippen molar-refractivity contribution in [3.8, 4) is 0 Å². The number of rotatable bonds is 3. The fraction of sp³-hybridized carbons (Fsp3) is 0.714. The molecule has 126 valence electrons. The number of benzene rings is 1. The van der Waals surface area contributed by atoms with Crippen molar-refractivity contribution in [1.82, 2.24) is 0 Å². The standard InChI is InChI=1S/C21H37N/c1-19(2,3)12-15-10-16(13-20(4,5)6)18(22)17(11-15)14-21(7,8)9/h10-11H,12-14,22H2,1-9H3. The number of hydrogen-bond donors (Lipinski definition) is 1. The Morgan fingerprint density at radius 3 is 1.23 bits per heavy atom. The summed E-state index contributed by atoms with van der Waals surface area (Å²) in [5.41, 5.74) is 12.4. The highest BCUT2D eigenvalue weighted by molar-refractivity contribution is 5.56. The van der Waals surface area contributed by atoms with Crippen molar-refractivity contribution in [3.63, 3.8) is 0 Å². The first-order valence-corrected chi connectivity index (χ1v) is 8.56. The number of nitrogens with two attached hydrogens (primary N) is 1. The fourth-order valence-corrected chi connectivity index (χ4v) is 3.00. The van der Waals surface area contributed by atoms with E-state index in [-0.39, 0.29) is 10.8 Å². The van der Waals surface area contributed by atoms with E-state index in [4.69, 9.17) is 5.73 Å². The molecule has 1 nitrogen and oxygen atoms in total. The topological polar surface area (TPSA) is 26.0 Å². The van der Waals surface area contributed by atoms with E-state index in [0.29, 0.717) is 5.41 Å². The second kappa shape index (κ2) is 6.26. The van der Waals surface area contributed by atoms with Gasteiger partial charge >= 0.3 is 0 Å². The molecule has 0 saturated carbocycles. The summed E-state index contributed by atoms with van der Waals surface area (Å²) in [6, 6.07) is 4.69. The third-order valence-electron chi connectivity index (χ3n) is 3.59. The molecule has 2 N–H and O–H groups in total. The van der Waals surface area contributed by atoms with Gasteiger partial charge in [0.1, 0.15) is 0 Å². The van der Waals surface area contributed by atoms with Crippen LogP contribution in [-0.4, -0.2) is 0 Å². The van der Waals surface area contributed by atoms with Crippen molar-refractivity contribution in [3.05, 3.63) is 28.8 Å². The molecule has 0 fully saturated rings. The predicted octanol–water partition coefficient (Wildman–Crippen LogP) is 6.03. The summed E-state index contributed by atoms with van der Waals surface area (Å²) in [5, 5.41) is 0. The van der Waals surface area contributed by atoms with E-state index in [1.807, 2.05) is 0 Å². The van der Waals surface area contributed by atoms with Crippen LogP contribution in [0.3, 0.4) is 0 Å². The van der Waals surface area contributed by atoms with Crippen LogP contribution in [0.25, 0.3) is 0 Å². The molecule has 22 heavy (non-hydrogen) atoms. The average molecular weight is 304 g/mol. The van der Waals surface area contributed by atoms with Crippen LogP contribution in [0, 0.1) is 16.2 Å². The first kappa shape index (κ1) is 19.1. The zero-order chi connectivity index (χ0) is 17.3. The van der Waals surface area contributed by atoms with E-state index in [9.17, 15) is 0 Å². The summed E-state index contributed by atoms with van der Waals surface area (Å²) in [4.78, 5) is 0. The van der Waals surface area contributed by atoms with E-state index in [1.165, 1.54) is 16.7 Å². The van der Waals surface area contributed by atoms with Crippen LogP contribution in [-0.2, 0) is 19.3 Å². The molecule has 0 bridgehead atoms. The highest BCUT2D eigenvalue weighted by Gasteiger charge is 2.21. The van der Waals surface area contributed by atoms with Gasteiger partial charge in [-0.1, -0.05) is 74.4 Å². The lowest BCUT2D eigenvalue weighted by molar-refractivity contribution is 0.401. The minimum atomic E-state index is 0.257. The molecule has 0 aliphatic heterocycles. The highest BCUT2D eigenvalue weighted by atomic mass is 14.6. The molecule has 1 aromatic carbocycles. The van der Waals surface area contributed by atoms with Crippen LogP contribution in [0.15, 0.2) is 12.1 Å². The largest absolute Gasteiger partial charge is 0.398 e. The van der Waals surface area contributed by atoms with Gasteiger partial charge in [-0.2, -0.15) is 0 Å². The molecular weight excluding hydrogens is 266 g/mol. The van der Waals surface area contributed by atoms with Gasteiger partial charge in [0.05, 0.1) is 0 Å². The molecule has 0 aromatic heterocycles. The second-order valence-corrected chi connectivity index (χ2v) is 10.5. The average Bonchev–Trinajstić information content (AvgIpc) is 2.18. The smallest absolute Gasteiger partial charge is 0.0379 e. The first-order chi connectivity index (χ1) is 9.66. The lowest BCUT2D eigenvalue weighted by Crippen LogP contribution is -2.17. The third-order valence-corrected chi connectivity index (χ3v) is 3.59. The minimum absolute atomic E-state index is 0.257. The van der Waals surface area contributed by atoms with Gasteiger partial charge < -0.3 is 5.73 Å². The van der Waals surface area contributed by atoms with Gasteiger partial charge in [-0.3, -0.25) is 0 Å². The first-order valence-electron chi connectivity index (χ1n) is 8.56. The fourth-order valence-electron chi connectivity index (χ4n) is 3.00. The molecule has 0 unspecified atom stereocenters. The summed E-state index contributed by atoms with van der Waals surface area (Å²) in [6.07, 6.45) is 3.17. The van der Waals surface area contributed by atoms with Gasteiger partial charge in [0, 0.05) is 5.69 Å². The van der Waals surface area contributed by atoms with Crippen LogP contribution in [0.4, 0.5) is 5.69 Å². The van der Waals surface area contributed by atoms with Crippen LogP contribution in [0.2, 0.25) is 0 Å². The molecule has 0 aliphatic carbocycles. The normalized spacial score (nSPS) is 13.5. The van der Waals surface area contributed by atoms with Crippen LogP contribution >= 0.6 is 0 Å².